The molecule has 1 heterocycles. The van der Waals surface area contributed by atoms with Crippen LogP contribution in [-0.4, -0.2) is 31.1 Å². The first kappa shape index (κ1) is 10.6. The van der Waals surface area contributed by atoms with Gasteiger partial charge in [-0.2, -0.15) is 0 Å². The SMILES string of the molecule is CN1CCC(Nc2c(N)cccc2Cl)C1. The Hall–Kier alpha value is -0.930. The van der Waals surface area contributed by atoms with Gasteiger partial charge in [-0.05, 0) is 32.1 Å². The summed E-state index contributed by atoms with van der Waals surface area (Å²) in [5, 5.41) is 4.11. The second kappa shape index (κ2) is 4.29. The van der Waals surface area contributed by atoms with Crippen molar-refractivity contribution in [1.29, 1.82) is 0 Å². The van der Waals surface area contributed by atoms with E-state index in [1.807, 2.05) is 18.2 Å². The number of likely N-dealkylation sites (tertiary alicyclic amines) is 1. The number of halogens is 1. The highest BCUT2D eigenvalue weighted by Gasteiger charge is 2.20. The average molecular weight is 226 g/mol. The summed E-state index contributed by atoms with van der Waals surface area (Å²) in [4.78, 5) is 2.30. The normalized spacial score (nSPS) is 21.9. The fourth-order valence-corrected chi connectivity index (χ4v) is 2.19. The molecule has 15 heavy (non-hydrogen) atoms. The summed E-state index contributed by atoms with van der Waals surface area (Å²) >= 11 is 6.09. The lowest BCUT2D eigenvalue weighted by Gasteiger charge is -2.17. The molecule has 4 heteroatoms. The molecule has 0 aromatic heterocycles. The maximum Gasteiger partial charge on any atom is 0.0765 e. The number of nitrogen functional groups attached to an aromatic ring is 1. The zero-order valence-electron chi connectivity index (χ0n) is 8.83. The second-order valence-corrected chi connectivity index (χ2v) is 4.50. The summed E-state index contributed by atoms with van der Waals surface area (Å²) in [5.74, 6) is 0. The zero-order valence-corrected chi connectivity index (χ0v) is 9.59. The topological polar surface area (TPSA) is 41.3 Å². The van der Waals surface area contributed by atoms with Crippen molar-refractivity contribution < 1.29 is 0 Å². The molecular weight excluding hydrogens is 210 g/mol. The van der Waals surface area contributed by atoms with Gasteiger partial charge in [-0.15, -0.1) is 0 Å². The molecule has 1 unspecified atom stereocenters. The molecule has 0 aliphatic carbocycles. The number of hydrogen-bond acceptors (Lipinski definition) is 3. The third kappa shape index (κ3) is 2.36. The van der Waals surface area contributed by atoms with E-state index in [4.69, 9.17) is 17.3 Å². The van der Waals surface area contributed by atoms with Crippen LogP contribution < -0.4 is 11.1 Å². The summed E-state index contributed by atoms with van der Waals surface area (Å²) in [7, 11) is 2.12. The Kier molecular flexibility index (Phi) is 3.03. The number of anilines is 2. The third-order valence-corrected chi connectivity index (χ3v) is 3.10. The maximum absolute atomic E-state index is 6.09. The van der Waals surface area contributed by atoms with E-state index in [2.05, 4.69) is 17.3 Å². The number of nitrogens with two attached hydrogens (primary N) is 1. The van der Waals surface area contributed by atoms with Crippen molar-refractivity contribution in [3.8, 4) is 0 Å². The van der Waals surface area contributed by atoms with Gasteiger partial charge in [0.25, 0.3) is 0 Å². The van der Waals surface area contributed by atoms with Gasteiger partial charge in [0.1, 0.15) is 0 Å². The van der Waals surface area contributed by atoms with Gasteiger partial charge < -0.3 is 16.0 Å². The average Bonchev–Trinajstić information content (AvgIpc) is 2.58. The number of hydrogen-bond donors (Lipinski definition) is 2. The van der Waals surface area contributed by atoms with Crippen molar-refractivity contribution in [2.75, 3.05) is 31.2 Å². The van der Waals surface area contributed by atoms with Gasteiger partial charge in [0, 0.05) is 12.6 Å². The maximum atomic E-state index is 6.09. The minimum Gasteiger partial charge on any atom is -0.397 e. The molecule has 82 valence electrons. The van der Waals surface area contributed by atoms with Crippen molar-refractivity contribution in [3.05, 3.63) is 23.2 Å². The van der Waals surface area contributed by atoms with E-state index < -0.39 is 0 Å². The van der Waals surface area contributed by atoms with Crippen LogP contribution >= 0.6 is 11.6 Å². The van der Waals surface area contributed by atoms with E-state index >= 15 is 0 Å². The molecule has 0 amide bonds. The van der Waals surface area contributed by atoms with Crippen molar-refractivity contribution >= 4 is 23.0 Å². The molecule has 3 N–H and O–H groups in total. The van der Waals surface area contributed by atoms with E-state index in [1.54, 1.807) is 0 Å². The third-order valence-electron chi connectivity index (χ3n) is 2.79. The molecule has 0 spiro atoms. The van der Waals surface area contributed by atoms with E-state index in [-0.39, 0.29) is 0 Å². The van der Waals surface area contributed by atoms with Gasteiger partial charge in [-0.25, -0.2) is 0 Å². The Balaban J connectivity index is 2.10. The molecule has 1 aliphatic rings. The molecule has 1 atom stereocenters. The molecule has 3 nitrogen and oxygen atoms in total. The van der Waals surface area contributed by atoms with Crippen LogP contribution in [0, 0.1) is 0 Å². The highest BCUT2D eigenvalue weighted by molar-refractivity contribution is 6.33. The largest absolute Gasteiger partial charge is 0.397 e. The minimum atomic E-state index is 0.456. The minimum absolute atomic E-state index is 0.456. The van der Waals surface area contributed by atoms with Crippen LogP contribution in [0.3, 0.4) is 0 Å². The molecule has 1 aliphatic heterocycles. The van der Waals surface area contributed by atoms with Crippen LogP contribution in [0.1, 0.15) is 6.42 Å². The molecule has 0 radical (unpaired) electrons. The molecular formula is C11H16ClN3. The monoisotopic (exact) mass is 225 g/mol. The lowest BCUT2D eigenvalue weighted by atomic mass is 10.2. The van der Waals surface area contributed by atoms with E-state index in [0.29, 0.717) is 11.1 Å². The Morgan fingerprint density at radius 1 is 1.53 bits per heavy atom. The highest BCUT2D eigenvalue weighted by Crippen LogP contribution is 2.29. The Morgan fingerprint density at radius 3 is 2.93 bits per heavy atom. The van der Waals surface area contributed by atoms with Crippen LogP contribution in [0.2, 0.25) is 5.02 Å². The molecule has 1 aromatic carbocycles. The summed E-state index contributed by atoms with van der Waals surface area (Å²) in [6, 6.07) is 6.05. The lowest BCUT2D eigenvalue weighted by Crippen LogP contribution is -2.24. The number of nitrogens with one attached hydrogen (secondary N) is 1. The van der Waals surface area contributed by atoms with Crippen LogP contribution in [-0.2, 0) is 0 Å². The summed E-state index contributed by atoms with van der Waals surface area (Å²) in [6.07, 6.45) is 1.14. The van der Waals surface area contributed by atoms with E-state index in [1.165, 1.54) is 0 Å². The van der Waals surface area contributed by atoms with E-state index in [0.717, 1.165) is 30.9 Å². The lowest BCUT2D eigenvalue weighted by molar-refractivity contribution is 0.414. The summed E-state index contributed by atoms with van der Waals surface area (Å²) in [5.41, 5.74) is 7.47. The Labute approximate surface area is 95.2 Å². The van der Waals surface area contributed by atoms with Crippen molar-refractivity contribution in [1.82, 2.24) is 4.90 Å². The first-order valence-corrected chi connectivity index (χ1v) is 5.53. The predicted octanol–water partition coefficient (Wildman–Crippen LogP) is 2.04. The fourth-order valence-electron chi connectivity index (χ4n) is 1.95. The number of rotatable bonds is 2. The Bertz CT molecular complexity index is 333. The first-order chi connectivity index (χ1) is 7.16. The van der Waals surface area contributed by atoms with Crippen LogP contribution in [0.5, 0.6) is 0 Å². The molecule has 1 aromatic rings. The standard InChI is InChI=1S/C11H16ClN3/c1-15-6-5-8(7-15)14-11-9(12)3-2-4-10(11)13/h2-4,8,14H,5-7,13H2,1H3. The first-order valence-electron chi connectivity index (χ1n) is 5.16. The fraction of sp³-hybridized carbons (Fsp3) is 0.455. The van der Waals surface area contributed by atoms with Gasteiger partial charge in [0.05, 0.1) is 16.4 Å². The second-order valence-electron chi connectivity index (χ2n) is 4.10. The molecule has 1 fully saturated rings. The van der Waals surface area contributed by atoms with Crippen molar-refractivity contribution in [2.24, 2.45) is 0 Å². The Morgan fingerprint density at radius 2 is 2.33 bits per heavy atom. The smallest absolute Gasteiger partial charge is 0.0765 e. The van der Waals surface area contributed by atoms with Crippen LogP contribution in [0.4, 0.5) is 11.4 Å². The number of para-hydroxylation sites is 1. The number of nitrogens with zero attached hydrogens (tertiary/aromatic N) is 1. The number of benzene rings is 1. The molecule has 1 saturated heterocycles. The van der Waals surface area contributed by atoms with Gasteiger partial charge in [0.15, 0.2) is 0 Å². The molecule has 0 bridgehead atoms. The molecule has 0 saturated carbocycles. The summed E-state index contributed by atoms with van der Waals surface area (Å²) < 4.78 is 0. The molecule has 2 rings (SSSR count). The highest BCUT2D eigenvalue weighted by atomic mass is 35.5. The van der Waals surface area contributed by atoms with Gasteiger partial charge in [-0.1, -0.05) is 17.7 Å². The van der Waals surface area contributed by atoms with Gasteiger partial charge >= 0.3 is 0 Å². The van der Waals surface area contributed by atoms with Crippen molar-refractivity contribution in [2.45, 2.75) is 12.5 Å². The van der Waals surface area contributed by atoms with Crippen molar-refractivity contribution in [3.63, 3.8) is 0 Å². The quantitative estimate of drug-likeness (QED) is 0.757. The van der Waals surface area contributed by atoms with Crippen LogP contribution in [0.25, 0.3) is 0 Å². The van der Waals surface area contributed by atoms with Gasteiger partial charge in [-0.3, -0.25) is 0 Å². The zero-order chi connectivity index (χ0) is 10.8. The van der Waals surface area contributed by atoms with Gasteiger partial charge in [0.2, 0.25) is 0 Å². The number of likely N-dealkylation sites (N-methyl/N-ethyl adjacent to an activating group) is 1. The predicted molar refractivity (Wildman–Crippen MR) is 65.4 cm³/mol. The van der Waals surface area contributed by atoms with E-state index in [9.17, 15) is 0 Å². The summed E-state index contributed by atoms with van der Waals surface area (Å²) in [6.45, 7) is 2.17. The van der Waals surface area contributed by atoms with Crippen LogP contribution in [0.15, 0.2) is 18.2 Å².